The Morgan fingerprint density at radius 2 is 1.94 bits per heavy atom. The fourth-order valence-electron chi connectivity index (χ4n) is 1.41. The van der Waals surface area contributed by atoms with Crippen LogP contribution in [0.2, 0.25) is 0 Å². The van der Waals surface area contributed by atoms with Crippen molar-refractivity contribution in [3.63, 3.8) is 0 Å². The molecule has 0 bridgehead atoms. The highest BCUT2D eigenvalue weighted by Crippen LogP contribution is 2.13. The maximum absolute atomic E-state index is 11.8. The van der Waals surface area contributed by atoms with E-state index >= 15 is 0 Å². The average Bonchev–Trinajstić information content (AvgIpc) is 2.23. The molecule has 0 rings (SSSR count). The van der Waals surface area contributed by atoms with Crippen LogP contribution in [0.25, 0.3) is 0 Å². The fourth-order valence-corrected chi connectivity index (χ4v) is 1.41. The van der Waals surface area contributed by atoms with Gasteiger partial charge >= 0.3 is 5.97 Å². The SMILES string of the molecule is CCC(C)[C@H](N)C(=O)NC(C)(C)CCC(=O)O. The summed E-state index contributed by atoms with van der Waals surface area (Å²) >= 11 is 0. The maximum atomic E-state index is 11.8. The summed E-state index contributed by atoms with van der Waals surface area (Å²) in [6, 6.07) is -0.538. The molecule has 2 atom stereocenters. The molecule has 4 N–H and O–H groups in total. The van der Waals surface area contributed by atoms with E-state index < -0.39 is 17.6 Å². The van der Waals surface area contributed by atoms with Crippen LogP contribution < -0.4 is 11.1 Å². The van der Waals surface area contributed by atoms with Crippen molar-refractivity contribution >= 4 is 11.9 Å². The number of carboxylic acid groups (broad SMARTS) is 1. The predicted molar refractivity (Wildman–Crippen MR) is 66.5 cm³/mol. The van der Waals surface area contributed by atoms with Gasteiger partial charge in [0, 0.05) is 12.0 Å². The molecule has 0 radical (unpaired) electrons. The molecule has 0 aromatic rings. The molecule has 0 saturated carbocycles. The third kappa shape index (κ3) is 6.26. The summed E-state index contributed by atoms with van der Waals surface area (Å²) in [5, 5.41) is 11.4. The van der Waals surface area contributed by atoms with Gasteiger partial charge in [0.25, 0.3) is 0 Å². The monoisotopic (exact) mass is 244 g/mol. The van der Waals surface area contributed by atoms with E-state index in [4.69, 9.17) is 10.8 Å². The maximum Gasteiger partial charge on any atom is 0.303 e. The lowest BCUT2D eigenvalue weighted by Crippen LogP contribution is -2.52. The van der Waals surface area contributed by atoms with Gasteiger partial charge in [-0.1, -0.05) is 20.3 Å². The third-order valence-corrected chi connectivity index (χ3v) is 2.99. The molecule has 0 aliphatic heterocycles. The van der Waals surface area contributed by atoms with Gasteiger partial charge in [0.2, 0.25) is 5.91 Å². The van der Waals surface area contributed by atoms with Crippen LogP contribution >= 0.6 is 0 Å². The number of carboxylic acids is 1. The van der Waals surface area contributed by atoms with E-state index in [1.165, 1.54) is 0 Å². The Hall–Kier alpha value is -1.10. The molecule has 0 aliphatic carbocycles. The molecule has 1 unspecified atom stereocenters. The zero-order valence-corrected chi connectivity index (χ0v) is 11.1. The molecule has 5 nitrogen and oxygen atoms in total. The molecule has 100 valence electrons. The van der Waals surface area contributed by atoms with Crippen molar-refractivity contribution in [3.8, 4) is 0 Å². The van der Waals surface area contributed by atoms with Gasteiger partial charge in [-0.25, -0.2) is 0 Å². The lowest BCUT2D eigenvalue weighted by atomic mass is 9.95. The summed E-state index contributed by atoms with van der Waals surface area (Å²) in [4.78, 5) is 22.3. The first kappa shape index (κ1) is 15.9. The van der Waals surface area contributed by atoms with Crippen molar-refractivity contribution in [2.75, 3.05) is 0 Å². The van der Waals surface area contributed by atoms with Crippen LogP contribution in [0.15, 0.2) is 0 Å². The number of aliphatic carboxylic acids is 1. The zero-order chi connectivity index (χ0) is 13.6. The van der Waals surface area contributed by atoms with Gasteiger partial charge < -0.3 is 16.2 Å². The second kappa shape index (κ2) is 6.59. The average molecular weight is 244 g/mol. The van der Waals surface area contributed by atoms with Crippen molar-refractivity contribution in [3.05, 3.63) is 0 Å². The molecular formula is C12H24N2O3. The third-order valence-electron chi connectivity index (χ3n) is 2.99. The van der Waals surface area contributed by atoms with Crippen LogP contribution in [-0.4, -0.2) is 28.6 Å². The number of hydrogen-bond acceptors (Lipinski definition) is 3. The molecule has 0 heterocycles. The first-order valence-corrected chi connectivity index (χ1v) is 5.99. The Bertz CT molecular complexity index is 277. The molecular weight excluding hydrogens is 220 g/mol. The highest BCUT2D eigenvalue weighted by atomic mass is 16.4. The van der Waals surface area contributed by atoms with Crippen LogP contribution in [0.5, 0.6) is 0 Å². The Labute approximate surface area is 103 Å². The lowest BCUT2D eigenvalue weighted by molar-refractivity contribution is -0.138. The number of rotatable bonds is 7. The van der Waals surface area contributed by atoms with Crippen LogP contribution in [0.1, 0.15) is 47.0 Å². The minimum absolute atomic E-state index is 0.0336. The molecule has 0 aromatic carbocycles. The highest BCUT2D eigenvalue weighted by molar-refractivity contribution is 5.82. The summed E-state index contributed by atoms with van der Waals surface area (Å²) in [5.74, 6) is -0.960. The van der Waals surface area contributed by atoms with Crippen molar-refractivity contribution in [2.24, 2.45) is 11.7 Å². The lowest BCUT2D eigenvalue weighted by Gasteiger charge is -2.28. The molecule has 0 saturated heterocycles. The van der Waals surface area contributed by atoms with Gasteiger partial charge in [-0.15, -0.1) is 0 Å². The minimum atomic E-state index is -0.862. The number of carbonyl (C=O) groups excluding carboxylic acids is 1. The minimum Gasteiger partial charge on any atom is -0.481 e. The number of hydrogen-bond donors (Lipinski definition) is 3. The summed E-state index contributed by atoms with van der Waals surface area (Å²) in [7, 11) is 0. The van der Waals surface area contributed by atoms with Crippen LogP contribution in [0.3, 0.4) is 0 Å². The quantitative estimate of drug-likeness (QED) is 0.625. The molecule has 17 heavy (non-hydrogen) atoms. The summed E-state index contributed by atoms with van der Waals surface area (Å²) < 4.78 is 0. The van der Waals surface area contributed by atoms with E-state index in [0.717, 1.165) is 6.42 Å². The Morgan fingerprint density at radius 1 is 1.41 bits per heavy atom. The summed E-state index contributed by atoms with van der Waals surface area (Å²) in [5.41, 5.74) is 5.26. The largest absolute Gasteiger partial charge is 0.481 e. The fraction of sp³-hybridized carbons (Fsp3) is 0.833. The van der Waals surface area contributed by atoms with Crippen LogP contribution in [0, 0.1) is 5.92 Å². The van der Waals surface area contributed by atoms with Gasteiger partial charge in [0.1, 0.15) is 0 Å². The van der Waals surface area contributed by atoms with E-state index in [0.29, 0.717) is 6.42 Å². The van der Waals surface area contributed by atoms with Gasteiger partial charge in [-0.3, -0.25) is 9.59 Å². The number of nitrogens with two attached hydrogens (primary N) is 1. The van der Waals surface area contributed by atoms with Crippen molar-refractivity contribution < 1.29 is 14.7 Å². The van der Waals surface area contributed by atoms with Crippen molar-refractivity contribution in [1.29, 1.82) is 0 Å². The first-order chi connectivity index (χ1) is 7.69. The van der Waals surface area contributed by atoms with Gasteiger partial charge in [0.05, 0.1) is 6.04 Å². The highest BCUT2D eigenvalue weighted by Gasteiger charge is 2.26. The zero-order valence-electron chi connectivity index (χ0n) is 11.1. The number of nitrogens with one attached hydrogen (secondary N) is 1. The van der Waals surface area contributed by atoms with Gasteiger partial charge in [-0.2, -0.15) is 0 Å². The normalized spacial score (nSPS) is 15.1. The van der Waals surface area contributed by atoms with Crippen LogP contribution in [-0.2, 0) is 9.59 Å². The van der Waals surface area contributed by atoms with E-state index in [1.807, 2.05) is 13.8 Å². The molecule has 0 fully saturated rings. The Morgan fingerprint density at radius 3 is 2.35 bits per heavy atom. The molecule has 0 aliphatic rings. The topological polar surface area (TPSA) is 92.4 Å². The summed E-state index contributed by atoms with van der Waals surface area (Å²) in [6.07, 6.45) is 1.26. The van der Waals surface area contributed by atoms with E-state index in [-0.39, 0.29) is 18.2 Å². The number of amides is 1. The standard InChI is InChI=1S/C12H24N2O3/c1-5-8(2)10(13)11(17)14-12(3,4)7-6-9(15)16/h8,10H,5-7,13H2,1-4H3,(H,14,17)(H,15,16)/t8?,10-/m0/s1. The molecule has 5 heteroatoms. The molecule has 0 aromatic heterocycles. The van der Waals surface area contributed by atoms with Crippen LogP contribution in [0.4, 0.5) is 0 Å². The van der Waals surface area contributed by atoms with E-state index in [1.54, 1.807) is 13.8 Å². The second-order valence-corrected chi connectivity index (χ2v) is 5.18. The smallest absolute Gasteiger partial charge is 0.303 e. The predicted octanol–water partition coefficient (Wildman–Crippen LogP) is 1.12. The second-order valence-electron chi connectivity index (χ2n) is 5.18. The Balaban J connectivity index is 4.30. The van der Waals surface area contributed by atoms with E-state index in [9.17, 15) is 9.59 Å². The first-order valence-electron chi connectivity index (χ1n) is 5.99. The van der Waals surface area contributed by atoms with Gasteiger partial charge in [-0.05, 0) is 26.2 Å². The molecule has 1 amide bonds. The van der Waals surface area contributed by atoms with E-state index in [2.05, 4.69) is 5.32 Å². The summed E-state index contributed by atoms with van der Waals surface area (Å²) in [6.45, 7) is 7.51. The number of carbonyl (C=O) groups is 2. The van der Waals surface area contributed by atoms with Crippen molar-refractivity contribution in [2.45, 2.75) is 58.5 Å². The van der Waals surface area contributed by atoms with Crippen molar-refractivity contribution in [1.82, 2.24) is 5.32 Å². The van der Waals surface area contributed by atoms with Gasteiger partial charge in [0.15, 0.2) is 0 Å². The molecule has 0 spiro atoms. The Kier molecular flexibility index (Phi) is 6.16.